The zero-order chi connectivity index (χ0) is 10.3. The molecule has 0 aliphatic rings. The Balaban J connectivity index is 2.98. The Morgan fingerprint density at radius 1 is 1.29 bits per heavy atom. The summed E-state index contributed by atoms with van der Waals surface area (Å²) in [5.74, 6) is 0. The van der Waals surface area contributed by atoms with E-state index in [2.05, 4.69) is 6.07 Å². The van der Waals surface area contributed by atoms with Crippen LogP contribution in [-0.4, -0.2) is 9.36 Å². The molecule has 2 rings (SSSR count). The van der Waals surface area contributed by atoms with Crippen LogP contribution in [-0.2, 0) is 14.1 Å². The standard InChI is InChI=1S/C10H9N3O/c1-12-9-5-7(6-11)3-4-8(9)10(14)13(12)2/h3-5H,1-2H3. The van der Waals surface area contributed by atoms with Crippen molar-refractivity contribution in [1.82, 2.24) is 9.36 Å². The fourth-order valence-corrected chi connectivity index (χ4v) is 1.52. The predicted molar refractivity (Wildman–Crippen MR) is 52.9 cm³/mol. The molecule has 0 spiro atoms. The molecule has 1 heterocycles. The number of nitriles is 1. The minimum Gasteiger partial charge on any atom is -0.285 e. The molecule has 0 bridgehead atoms. The summed E-state index contributed by atoms with van der Waals surface area (Å²) >= 11 is 0. The van der Waals surface area contributed by atoms with E-state index in [4.69, 9.17) is 5.26 Å². The van der Waals surface area contributed by atoms with Crippen LogP contribution in [0.15, 0.2) is 23.0 Å². The molecule has 2 aromatic rings. The molecule has 0 fully saturated rings. The van der Waals surface area contributed by atoms with E-state index in [1.807, 2.05) is 0 Å². The van der Waals surface area contributed by atoms with Gasteiger partial charge >= 0.3 is 0 Å². The number of hydrogen-bond acceptors (Lipinski definition) is 2. The Morgan fingerprint density at radius 2 is 2.00 bits per heavy atom. The first-order valence-corrected chi connectivity index (χ1v) is 4.21. The second-order valence-corrected chi connectivity index (χ2v) is 3.20. The number of hydrogen-bond donors (Lipinski definition) is 0. The highest BCUT2D eigenvalue weighted by molar-refractivity contribution is 5.80. The fraction of sp³-hybridized carbons (Fsp3) is 0.200. The maximum Gasteiger partial charge on any atom is 0.274 e. The molecule has 4 heteroatoms. The lowest BCUT2D eigenvalue weighted by molar-refractivity contribution is 0.595. The lowest BCUT2D eigenvalue weighted by Gasteiger charge is -1.99. The van der Waals surface area contributed by atoms with Crippen molar-refractivity contribution in [2.75, 3.05) is 0 Å². The van der Waals surface area contributed by atoms with Crippen LogP contribution in [0.5, 0.6) is 0 Å². The van der Waals surface area contributed by atoms with Crippen LogP contribution < -0.4 is 5.56 Å². The van der Waals surface area contributed by atoms with Gasteiger partial charge in [-0.05, 0) is 18.2 Å². The van der Waals surface area contributed by atoms with Gasteiger partial charge in [0.25, 0.3) is 5.56 Å². The van der Waals surface area contributed by atoms with Crippen LogP contribution in [0, 0.1) is 11.3 Å². The normalized spacial score (nSPS) is 10.4. The quantitative estimate of drug-likeness (QED) is 0.611. The molecule has 14 heavy (non-hydrogen) atoms. The fourth-order valence-electron chi connectivity index (χ4n) is 1.52. The summed E-state index contributed by atoms with van der Waals surface area (Å²) in [4.78, 5) is 11.6. The van der Waals surface area contributed by atoms with Gasteiger partial charge in [0, 0.05) is 14.1 Å². The van der Waals surface area contributed by atoms with Crippen molar-refractivity contribution in [3.63, 3.8) is 0 Å². The van der Waals surface area contributed by atoms with Gasteiger partial charge in [-0.1, -0.05) is 0 Å². The molecule has 0 unspecified atom stereocenters. The summed E-state index contributed by atoms with van der Waals surface area (Å²) in [6.07, 6.45) is 0. The van der Waals surface area contributed by atoms with E-state index >= 15 is 0 Å². The maximum absolute atomic E-state index is 11.6. The minimum absolute atomic E-state index is 0.0352. The van der Waals surface area contributed by atoms with Crippen LogP contribution >= 0.6 is 0 Å². The van der Waals surface area contributed by atoms with Gasteiger partial charge in [-0.2, -0.15) is 5.26 Å². The molecule has 70 valence electrons. The number of aryl methyl sites for hydroxylation is 1. The Kier molecular flexibility index (Phi) is 1.68. The van der Waals surface area contributed by atoms with Crippen LogP contribution in [0.3, 0.4) is 0 Å². The van der Waals surface area contributed by atoms with Crippen molar-refractivity contribution < 1.29 is 0 Å². The van der Waals surface area contributed by atoms with Crippen LogP contribution in [0.4, 0.5) is 0 Å². The number of fused-ring (bicyclic) bond motifs is 1. The van der Waals surface area contributed by atoms with E-state index in [1.165, 1.54) is 4.68 Å². The summed E-state index contributed by atoms with van der Waals surface area (Å²) < 4.78 is 3.25. The molecule has 0 saturated heterocycles. The van der Waals surface area contributed by atoms with E-state index in [0.29, 0.717) is 10.9 Å². The molecular formula is C10H9N3O. The molecule has 1 aromatic carbocycles. The molecule has 1 aromatic heterocycles. The van der Waals surface area contributed by atoms with Crippen LogP contribution in [0.25, 0.3) is 10.9 Å². The van der Waals surface area contributed by atoms with E-state index in [9.17, 15) is 4.79 Å². The second-order valence-electron chi connectivity index (χ2n) is 3.20. The molecule has 0 atom stereocenters. The molecule has 0 saturated carbocycles. The zero-order valence-corrected chi connectivity index (χ0v) is 7.98. The highest BCUT2D eigenvalue weighted by Gasteiger charge is 2.07. The lowest BCUT2D eigenvalue weighted by Crippen LogP contribution is -2.16. The van der Waals surface area contributed by atoms with Gasteiger partial charge < -0.3 is 0 Å². The van der Waals surface area contributed by atoms with Crippen molar-refractivity contribution >= 4 is 10.9 Å². The van der Waals surface area contributed by atoms with Crippen molar-refractivity contribution in [1.29, 1.82) is 5.26 Å². The Labute approximate surface area is 80.6 Å². The first-order chi connectivity index (χ1) is 6.65. The van der Waals surface area contributed by atoms with Gasteiger partial charge in [0.2, 0.25) is 0 Å². The summed E-state index contributed by atoms with van der Waals surface area (Å²) in [5, 5.41) is 9.37. The van der Waals surface area contributed by atoms with Crippen molar-refractivity contribution in [2.24, 2.45) is 14.1 Å². The highest BCUT2D eigenvalue weighted by atomic mass is 16.1. The number of benzene rings is 1. The molecule has 0 aliphatic carbocycles. The number of nitrogens with zero attached hydrogens (tertiary/aromatic N) is 3. The molecule has 0 radical (unpaired) electrons. The smallest absolute Gasteiger partial charge is 0.274 e. The van der Waals surface area contributed by atoms with Gasteiger partial charge in [-0.15, -0.1) is 0 Å². The summed E-state index contributed by atoms with van der Waals surface area (Å²) in [5.41, 5.74) is 1.32. The molecule has 0 N–H and O–H groups in total. The maximum atomic E-state index is 11.6. The minimum atomic E-state index is -0.0352. The zero-order valence-electron chi connectivity index (χ0n) is 7.98. The Bertz CT molecular complexity index is 598. The monoisotopic (exact) mass is 187 g/mol. The third kappa shape index (κ3) is 0.958. The Hall–Kier alpha value is -2.02. The van der Waals surface area contributed by atoms with E-state index in [0.717, 1.165) is 5.52 Å². The van der Waals surface area contributed by atoms with Gasteiger partial charge in [0.05, 0.1) is 22.5 Å². The van der Waals surface area contributed by atoms with Crippen molar-refractivity contribution in [2.45, 2.75) is 0 Å². The van der Waals surface area contributed by atoms with Crippen molar-refractivity contribution in [3.05, 3.63) is 34.1 Å². The average Bonchev–Trinajstić information content (AvgIpc) is 2.44. The SMILES string of the molecule is Cn1c(=O)c2ccc(C#N)cc2n1C. The van der Waals surface area contributed by atoms with E-state index in [-0.39, 0.29) is 5.56 Å². The highest BCUT2D eigenvalue weighted by Crippen LogP contribution is 2.11. The first-order valence-electron chi connectivity index (χ1n) is 4.21. The van der Waals surface area contributed by atoms with Crippen LogP contribution in [0.2, 0.25) is 0 Å². The first kappa shape index (κ1) is 8.57. The largest absolute Gasteiger partial charge is 0.285 e. The van der Waals surface area contributed by atoms with Gasteiger partial charge in [-0.25, -0.2) is 0 Å². The number of rotatable bonds is 0. The summed E-state index contributed by atoms with van der Waals surface area (Å²) in [6, 6.07) is 7.12. The Morgan fingerprint density at radius 3 is 2.64 bits per heavy atom. The summed E-state index contributed by atoms with van der Waals surface area (Å²) in [7, 11) is 3.50. The number of aromatic nitrogens is 2. The lowest BCUT2D eigenvalue weighted by atomic mass is 10.2. The van der Waals surface area contributed by atoms with Crippen molar-refractivity contribution in [3.8, 4) is 6.07 Å². The molecular weight excluding hydrogens is 178 g/mol. The van der Waals surface area contributed by atoms with Crippen LogP contribution in [0.1, 0.15) is 5.56 Å². The topological polar surface area (TPSA) is 50.7 Å². The predicted octanol–water partition coefficient (Wildman–Crippen LogP) is 0.749. The molecule has 0 amide bonds. The van der Waals surface area contributed by atoms with Gasteiger partial charge in [-0.3, -0.25) is 14.2 Å². The summed E-state index contributed by atoms with van der Waals surface area (Å²) in [6.45, 7) is 0. The van der Waals surface area contributed by atoms with E-state index < -0.39 is 0 Å². The average molecular weight is 187 g/mol. The third-order valence-electron chi connectivity index (χ3n) is 2.45. The van der Waals surface area contributed by atoms with Gasteiger partial charge in [0.1, 0.15) is 0 Å². The van der Waals surface area contributed by atoms with Gasteiger partial charge in [0.15, 0.2) is 0 Å². The second kappa shape index (κ2) is 2.74. The molecule has 0 aliphatic heterocycles. The van der Waals surface area contributed by atoms with E-state index in [1.54, 1.807) is 37.0 Å². The third-order valence-corrected chi connectivity index (χ3v) is 2.45. The molecule has 4 nitrogen and oxygen atoms in total.